The van der Waals surface area contributed by atoms with E-state index in [2.05, 4.69) is 5.32 Å². The van der Waals surface area contributed by atoms with Crippen LogP contribution in [-0.4, -0.2) is 28.8 Å². The molecule has 1 heterocycles. The number of amides is 1. The quantitative estimate of drug-likeness (QED) is 0.663. The maximum Gasteiger partial charge on any atom is 0.216 e. The van der Waals surface area contributed by atoms with E-state index in [4.69, 9.17) is 4.42 Å². The lowest BCUT2D eigenvalue weighted by Crippen LogP contribution is -2.34. The molecule has 3 N–H and O–H groups in total. The van der Waals surface area contributed by atoms with Crippen molar-refractivity contribution in [2.24, 2.45) is 0 Å². The van der Waals surface area contributed by atoms with E-state index in [1.54, 1.807) is 19.1 Å². The van der Waals surface area contributed by atoms with Crippen molar-refractivity contribution in [1.82, 2.24) is 5.32 Å². The van der Waals surface area contributed by atoms with Crippen LogP contribution in [0.25, 0.3) is 0 Å². The van der Waals surface area contributed by atoms with Gasteiger partial charge < -0.3 is 19.9 Å². The lowest BCUT2D eigenvalue weighted by molar-refractivity contribution is -0.119. The van der Waals surface area contributed by atoms with E-state index in [-0.39, 0.29) is 12.5 Å². The summed E-state index contributed by atoms with van der Waals surface area (Å²) in [6, 6.07) is 3.29. The van der Waals surface area contributed by atoms with E-state index in [9.17, 15) is 15.0 Å². The molecule has 2 atom stereocenters. The van der Waals surface area contributed by atoms with Gasteiger partial charge >= 0.3 is 0 Å². The van der Waals surface area contributed by atoms with Crippen molar-refractivity contribution in [2.45, 2.75) is 26.1 Å². The highest BCUT2D eigenvalue weighted by Gasteiger charge is 2.21. The predicted octanol–water partition coefficient (Wildman–Crippen LogP) is 0.118. The van der Waals surface area contributed by atoms with Gasteiger partial charge in [0.15, 0.2) is 0 Å². The number of aliphatic hydroxyl groups is 2. The monoisotopic (exact) mass is 213 g/mol. The normalized spacial score (nSPS) is 14.7. The Balaban J connectivity index is 2.52. The van der Waals surface area contributed by atoms with Crippen LogP contribution in [0.3, 0.4) is 0 Å². The molecule has 0 aromatic carbocycles. The number of furan rings is 1. The van der Waals surface area contributed by atoms with Crippen LogP contribution >= 0.6 is 0 Å². The second-order valence-corrected chi connectivity index (χ2v) is 3.40. The minimum Gasteiger partial charge on any atom is -0.464 e. The Morgan fingerprint density at radius 3 is 2.67 bits per heavy atom. The lowest BCUT2D eigenvalue weighted by Gasteiger charge is -2.15. The summed E-state index contributed by atoms with van der Waals surface area (Å²) < 4.78 is 5.15. The Morgan fingerprint density at radius 1 is 1.53 bits per heavy atom. The number of hydrogen-bond donors (Lipinski definition) is 3. The van der Waals surface area contributed by atoms with Crippen molar-refractivity contribution >= 4 is 5.91 Å². The van der Waals surface area contributed by atoms with Crippen molar-refractivity contribution < 1.29 is 19.4 Å². The van der Waals surface area contributed by atoms with Crippen molar-refractivity contribution in [3.05, 3.63) is 23.7 Å². The highest BCUT2D eigenvalue weighted by molar-refractivity contribution is 5.72. The molecule has 0 aliphatic carbocycles. The smallest absolute Gasteiger partial charge is 0.216 e. The SMILES string of the molecule is CC(=O)NCC(O)C(O)c1ccc(C)o1. The van der Waals surface area contributed by atoms with E-state index >= 15 is 0 Å². The van der Waals surface area contributed by atoms with Crippen LogP contribution < -0.4 is 5.32 Å². The third-order valence-electron chi connectivity index (χ3n) is 1.98. The Bertz CT molecular complexity index is 334. The molecule has 1 amide bonds. The van der Waals surface area contributed by atoms with Gasteiger partial charge in [-0.05, 0) is 19.1 Å². The van der Waals surface area contributed by atoms with Crippen LogP contribution in [-0.2, 0) is 4.79 Å². The topological polar surface area (TPSA) is 82.7 Å². The van der Waals surface area contributed by atoms with Gasteiger partial charge in [0.25, 0.3) is 0 Å². The van der Waals surface area contributed by atoms with Gasteiger partial charge in [-0.1, -0.05) is 0 Å². The summed E-state index contributed by atoms with van der Waals surface area (Å²) >= 11 is 0. The van der Waals surface area contributed by atoms with E-state index in [0.29, 0.717) is 11.5 Å². The molecule has 1 aromatic rings. The molecule has 5 nitrogen and oxygen atoms in total. The average Bonchev–Trinajstić information content (AvgIpc) is 2.60. The van der Waals surface area contributed by atoms with Gasteiger partial charge in [-0.15, -0.1) is 0 Å². The van der Waals surface area contributed by atoms with Gasteiger partial charge in [-0.2, -0.15) is 0 Å². The molecule has 0 aliphatic rings. The number of hydrogen-bond acceptors (Lipinski definition) is 4. The van der Waals surface area contributed by atoms with Crippen LogP contribution in [0.2, 0.25) is 0 Å². The summed E-state index contributed by atoms with van der Waals surface area (Å²) in [5, 5.41) is 21.5. The standard InChI is InChI=1S/C10H15NO4/c1-6-3-4-9(15-6)10(14)8(13)5-11-7(2)12/h3-4,8,10,13-14H,5H2,1-2H3,(H,11,12). The molecule has 0 spiro atoms. The zero-order valence-corrected chi connectivity index (χ0v) is 8.73. The molecule has 0 radical (unpaired) electrons. The molecule has 0 bridgehead atoms. The molecular formula is C10H15NO4. The fourth-order valence-corrected chi connectivity index (χ4v) is 1.16. The Labute approximate surface area is 87.7 Å². The largest absolute Gasteiger partial charge is 0.464 e. The zero-order chi connectivity index (χ0) is 11.4. The molecule has 15 heavy (non-hydrogen) atoms. The second-order valence-electron chi connectivity index (χ2n) is 3.40. The Kier molecular flexibility index (Phi) is 3.88. The van der Waals surface area contributed by atoms with Gasteiger partial charge in [0.05, 0.1) is 0 Å². The van der Waals surface area contributed by atoms with Gasteiger partial charge in [0.1, 0.15) is 23.7 Å². The van der Waals surface area contributed by atoms with Crippen LogP contribution in [0.5, 0.6) is 0 Å². The number of carbonyl (C=O) groups is 1. The molecule has 84 valence electrons. The summed E-state index contributed by atoms with van der Waals surface area (Å²) in [5.74, 6) is 0.706. The molecule has 0 saturated heterocycles. The number of rotatable bonds is 4. The van der Waals surface area contributed by atoms with Crippen molar-refractivity contribution in [2.75, 3.05) is 6.54 Å². The number of nitrogens with one attached hydrogen (secondary N) is 1. The summed E-state index contributed by atoms with van der Waals surface area (Å²) in [4.78, 5) is 10.6. The highest BCUT2D eigenvalue weighted by Crippen LogP contribution is 2.18. The average molecular weight is 213 g/mol. The molecule has 0 fully saturated rings. The van der Waals surface area contributed by atoms with E-state index in [1.807, 2.05) is 0 Å². The summed E-state index contributed by atoms with van der Waals surface area (Å²) in [5.41, 5.74) is 0. The molecule has 2 unspecified atom stereocenters. The molecule has 1 aromatic heterocycles. The van der Waals surface area contributed by atoms with Gasteiger partial charge in [0.2, 0.25) is 5.91 Å². The minimum atomic E-state index is -1.12. The second kappa shape index (κ2) is 4.95. The first-order valence-corrected chi connectivity index (χ1v) is 4.67. The minimum absolute atomic E-state index is 0.00372. The van der Waals surface area contributed by atoms with Gasteiger partial charge in [0, 0.05) is 13.5 Å². The van der Waals surface area contributed by atoms with E-state index in [1.165, 1.54) is 6.92 Å². The zero-order valence-electron chi connectivity index (χ0n) is 8.73. The first-order chi connectivity index (χ1) is 7.00. The summed E-state index contributed by atoms with van der Waals surface area (Å²) in [7, 11) is 0. The van der Waals surface area contributed by atoms with Crippen molar-refractivity contribution in [3.8, 4) is 0 Å². The number of carbonyl (C=O) groups excluding carboxylic acids is 1. The highest BCUT2D eigenvalue weighted by atomic mass is 16.4. The van der Waals surface area contributed by atoms with Crippen molar-refractivity contribution in [1.29, 1.82) is 0 Å². The maximum absolute atomic E-state index is 10.6. The first-order valence-electron chi connectivity index (χ1n) is 4.67. The Morgan fingerprint density at radius 2 is 2.20 bits per heavy atom. The molecule has 0 aliphatic heterocycles. The lowest BCUT2D eigenvalue weighted by atomic mass is 10.1. The molecule has 0 saturated carbocycles. The van der Waals surface area contributed by atoms with Crippen LogP contribution in [0.15, 0.2) is 16.5 Å². The number of aliphatic hydroxyl groups excluding tert-OH is 2. The van der Waals surface area contributed by atoms with Gasteiger partial charge in [-0.25, -0.2) is 0 Å². The fraction of sp³-hybridized carbons (Fsp3) is 0.500. The molecule has 1 rings (SSSR count). The van der Waals surface area contributed by atoms with Crippen LogP contribution in [0.4, 0.5) is 0 Å². The third-order valence-corrected chi connectivity index (χ3v) is 1.98. The first kappa shape index (κ1) is 11.7. The van der Waals surface area contributed by atoms with Crippen LogP contribution in [0, 0.1) is 6.92 Å². The van der Waals surface area contributed by atoms with Crippen molar-refractivity contribution in [3.63, 3.8) is 0 Å². The summed E-state index contributed by atoms with van der Waals surface area (Å²) in [6.45, 7) is 3.09. The molecule has 5 heteroatoms. The summed E-state index contributed by atoms with van der Waals surface area (Å²) in [6.07, 6.45) is -2.19. The molecular weight excluding hydrogens is 198 g/mol. The predicted molar refractivity (Wildman–Crippen MR) is 53.1 cm³/mol. The maximum atomic E-state index is 10.6. The Hall–Kier alpha value is -1.33. The van der Waals surface area contributed by atoms with E-state index < -0.39 is 12.2 Å². The third kappa shape index (κ3) is 3.38. The van der Waals surface area contributed by atoms with E-state index in [0.717, 1.165) is 0 Å². The van der Waals surface area contributed by atoms with Crippen LogP contribution in [0.1, 0.15) is 24.5 Å². The fourth-order valence-electron chi connectivity index (χ4n) is 1.16. The number of aryl methyl sites for hydroxylation is 1. The van der Waals surface area contributed by atoms with Gasteiger partial charge in [-0.3, -0.25) is 4.79 Å².